The molecule has 0 saturated carbocycles. The zero-order valence-corrected chi connectivity index (χ0v) is 17.1. The zero-order valence-electron chi connectivity index (χ0n) is 16.3. The van der Waals surface area contributed by atoms with Gasteiger partial charge in [0.15, 0.2) is 5.15 Å². The minimum absolute atomic E-state index is 0.305. The van der Waals surface area contributed by atoms with Gasteiger partial charge in [0.05, 0.1) is 11.4 Å². The van der Waals surface area contributed by atoms with E-state index in [2.05, 4.69) is 40.1 Å². The lowest BCUT2D eigenvalue weighted by atomic mass is 10.2. The van der Waals surface area contributed by atoms with Gasteiger partial charge in [-0.1, -0.05) is 72.3 Å². The number of allylic oxidation sites excluding steroid dienone is 4. The van der Waals surface area contributed by atoms with Crippen molar-refractivity contribution in [1.82, 2.24) is 20.5 Å². The molecule has 3 rings (SSSR count). The molecule has 0 aliphatic heterocycles. The Kier molecular flexibility index (Phi) is 7.50. The van der Waals surface area contributed by atoms with E-state index in [0.29, 0.717) is 24.2 Å². The Hall–Kier alpha value is -3.02. The Morgan fingerprint density at radius 1 is 1.07 bits per heavy atom. The van der Waals surface area contributed by atoms with Gasteiger partial charge in [-0.15, -0.1) is 10.2 Å². The number of hydrogen-bond acceptors (Lipinski definition) is 5. The van der Waals surface area contributed by atoms with Crippen LogP contribution in [0, 0.1) is 0 Å². The number of hydrogen-bond donors (Lipinski definition) is 1. The lowest BCUT2D eigenvalue weighted by Crippen LogP contribution is -2.17. The largest absolute Gasteiger partial charge is 0.470 e. The second-order valence-electron chi connectivity index (χ2n) is 6.49. The van der Waals surface area contributed by atoms with E-state index in [-0.39, 0.29) is 0 Å². The van der Waals surface area contributed by atoms with Gasteiger partial charge in [-0.2, -0.15) is 0 Å². The molecule has 148 valence electrons. The fourth-order valence-corrected chi connectivity index (χ4v) is 2.95. The third kappa shape index (κ3) is 5.98. The van der Waals surface area contributed by atoms with Gasteiger partial charge in [0.2, 0.25) is 5.88 Å². The van der Waals surface area contributed by atoms with Gasteiger partial charge in [-0.3, -0.25) is 4.98 Å². The van der Waals surface area contributed by atoms with Crippen LogP contribution in [0.4, 0.5) is 0 Å². The second kappa shape index (κ2) is 10.5. The Bertz CT molecular complexity index is 1050. The molecule has 0 aliphatic rings. The maximum absolute atomic E-state index is 6.11. The van der Waals surface area contributed by atoms with E-state index in [1.54, 1.807) is 6.08 Å². The topological polar surface area (TPSA) is 59.9 Å². The molecule has 1 N–H and O–H groups in total. The highest BCUT2D eigenvalue weighted by Crippen LogP contribution is 2.27. The lowest BCUT2D eigenvalue weighted by molar-refractivity contribution is 0.289. The van der Waals surface area contributed by atoms with Crippen LogP contribution < -0.4 is 10.1 Å². The van der Waals surface area contributed by atoms with Gasteiger partial charge in [-0.25, -0.2) is 0 Å². The Morgan fingerprint density at radius 3 is 2.69 bits per heavy atom. The first kappa shape index (κ1) is 20.7. The first-order valence-electron chi connectivity index (χ1n) is 9.31. The molecular formula is C23H23ClN4O. The van der Waals surface area contributed by atoms with Crippen LogP contribution in [0.1, 0.15) is 18.3 Å². The Labute approximate surface area is 175 Å². The maximum atomic E-state index is 6.11. The summed E-state index contributed by atoms with van der Waals surface area (Å²) in [6, 6.07) is 13.5. The first-order chi connectivity index (χ1) is 14.2. The smallest absolute Gasteiger partial charge is 0.241 e. The van der Waals surface area contributed by atoms with Crippen molar-refractivity contribution in [2.75, 3.05) is 6.54 Å². The SMILES string of the molecule is C=C/C=C\C=C(/C)CNCc1cccc(COc2nnc(Cl)c3ccccc23)n1. The molecule has 2 aromatic heterocycles. The summed E-state index contributed by atoms with van der Waals surface area (Å²) in [7, 11) is 0. The van der Waals surface area contributed by atoms with Crippen LogP contribution in [-0.2, 0) is 13.2 Å². The molecule has 1 aromatic carbocycles. The molecule has 0 radical (unpaired) electrons. The van der Waals surface area contributed by atoms with E-state index in [9.17, 15) is 0 Å². The molecule has 0 unspecified atom stereocenters. The van der Waals surface area contributed by atoms with Crippen molar-refractivity contribution in [1.29, 1.82) is 0 Å². The summed E-state index contributed by atoms with van der Waals surface area (Å²) in [5.41, 5.74) is 3.01. The summed E-state index contributed by atoms with van der Waals surface area (Å²) in [4.78, 5) is 4.65. The molecule has 29 heavy (non-hydrogen) atoms. The van der Waals surface area contributed by atoms with Crippen molar-refractivity contribution in [3.8, 4) is 5.88 Å². The summed E-state index contributed by atoms with van der Waals surface area (Å²) < 4.78 is 5.87. The van der Waals surface area contributed by atoms with Crippen LogP contribution in [0.15, 0.2) is 78.9 Å². The van der Waals surface area contributed by atoms with Crippen LogP contribution in [0.3, 0.4) is 0 Å². The predicted molar refractivity (Wildman–Crippen MR) is 118 cm³/mol. The number of pyridine rings is 1. The van der Waals surface area contributed by atoms with Crippen molar-refractivity contribution in [2.24, 2.45) is 0 Å². The van der Waals surface area contributed by atoms with Crippen LogP contribution in [0.5, 0.6) is 5.88 Å². The molecule has 0 amide bonds. The number of nitrogens with one attached hydrogen (secondary N) is 1. The summed E-state index contributed by atoms with van der Waals surface area (Å²) in [5, 5.41) is 13.5. The summed E-state index contributed by atoms with van der Waals surface area (Å²) >= 11 is 6.11. The molecular weight excluding hydrogens is 384 g/mol. The molecule has 5 nitrogen and oxygen atoms in total. The molecule has 0 aliphatic carbocycles. The minimum Gasteiger partial charge on any atom is -0.470 e. The fourth-order valence-electron chi connectivity index (χ4n) is 2.75. The summed E-state index contributed by atoms with van der Waals surface area (Å²) in [5.74, 6) is 0.448. The van der Waals surface area contributed by atoms with E-state index in [4.69, 9.17) is 16.3 Å². The van der Waals surface area contributed by atoms with Crippen LogP contribution in [0.2, 0.25) is 5.15 Å². The normalized spacial score (nSPS) is 11.9. The van der Waals surface area contributed by atoms with Gasteiger partial charge in [0.1, 0.15) is 6.61 Å². The third-order valence-electron chi connectivity index (χ3n) is 4.17. The average Bonchev–Trinajstić information content (AvgIpc) is 2.74. The van der Waals surface area contributed by atoms with Gasteiger partial charge in [-0.05, 0) is 25.1 Å². The highest BCUT2D eigenvalue weighted by molar-refractivity contribution is 6.34. The number of nitrogens with zero attached hydrogens (tertiary/aromatic N) is 3. The second-order valence-corrected chi connectivity index (χ2v) is 6.85. The summed E-state index contributed by atoms with van der Waals surface area (Å²) in [6.45, 7) is 7.50. The number of benzene rings is 1. The number of halogens is 1. The minimum atomic E-state index is 0.305. The molecule has 6 heteroatoms. The quantitative estimate of drug-likeness (QED) is 0.505. The molecule has 0 atom stereocenters. The molecule has 2 heterocycles. The molecule has 0 fully saturated rings. The van der Waals surface area contributed by atoms with E-state index < -0.39 is 0 Å². The highest BCUT2D eigenvalue weighted by atomic mass is 35.5. The molecule has 0 saturated heterocycles. The summed E-state index contributed by atoms with van der Waals surface area (Å²) in [6.07, 6.45) is 7.70. The van der Waals surface area contributed by atoms with Crippen molar-refractivity contribution in [3.63, 3.8) is 0 Å². The van der Waals surface area contributed by atoms with Gasteiger partial charge in [0.25, 0.3) is 0 Å². The fraction of sp³-hybridized carbons (Fsp3) is 0.174. The number of ether oxygens (including phenoxy) is 1. The third-order valence-corrected chi connectivity index (χ3v) is 4.45. The van der Waals surface area contributed by atoms with E-state index in [1.165, 1.54) is 5.57 Å². The van der Waals surface area contributed by atoms with Crippen LogP contribution in [-0.4, -0.2) is 21.7 Å². The molecule has 0 spiro atoms. The maximum Gasteiger partial charge on any atom is 0.241 e. The highest BCUT2D eigenvalue weighted by Gasteiger charge is 2.09. The standard InChI is InChI=1S/C23H23ClN4O/c1-3-4-5-9-17(2)14-25-15-18-10-8-11-19(26-18)16-29-23-21-13-7-6-12-20(21)22(24)27-28-23/h3-13,25H,1,14-16H2,2H3/b5-4-,17-9+. The molecule has 0 bridgehead atoms. The number of rotatable bonds is 9. The van der Waals surface area contributed by atoms with Crippen molar-refractivity contribution in [3.05, 3.63) is 95.5 Å². The molecule has 3 aromatic rings. The monoisotopic (exact) mass is 406 g/mol. The van der Waals surface area contributed by atoms with Crippen molar-refractivity contribution >= 4 is 22.4 Å². The Morgan fingerprint density at radius 2 is 1.86 bits per heavy atom. The zero-order chi connectivity index (χ0) is 20.5. The van der Waals surface area contributed by atoms with Crippen molar-refractivity contribution in [2.45, 2.75) is 20.1 Å². The first-order valence-corrected chi connectivity index (χ1v) is 9.69. The Balaban J connectivity index is 1.59. The van der Waals surface area contributed by atoms with Gasteiger partial charge < -0.3 is 10.1 Å². The number of fused-ring (bicyclic) bond motifs is 1. The van der Waals surface area contributed by atoms with E-state index in [1.807, 2.05) is 54.6 Å². The average molecular weight is 407 g/mol. The predicted octanol–water partition coefficient (Wildman–Crippen LogP) is 5.04. The van der Waals surface area contributed by atoms with E-state index >= 15 is 0 Å². The van der Waals surface area contributed by atoms with Crippen LogP contribution >= 0.6 is 11.6 Å². The van der Waals surface area contributed by atoms with Crippen molar-refractivity contribution < 1.29 is 4.74 Å². The van der Waals surface area contributed by atoms with Gasteiger partial charge in [0, 0.05) is 23.9 Å². The van der Waals surface area contributed by atoms with Crippen LogP contribution in [0.25, 0.3) is 10.8 Å². The van der Waals surface area contributed by atoms with Gasteiger partial charge >= 0.3 is 0 Å². The van der Waals surface area contributed by atoms with E-state index in [0.717, 1.165) is 28.7 Å². The lowest BCUT2D eigenvalue weighted by Gasteiger charge is -2.09. The number of aromatic nitrogens is 3.